The third-order valence-corrected chi connectivity index (χ3v) is 6.02. The average molecular weight is 447 g/mol. The highest BCUT2D eigenvalue weighted by atomic mass is 16.5. The first-order valence-electron chi connectivity index (χ1n) is 11.3. The Morgan fingerprint density at radius 2 is 1.85 bits per heavy atom. The molecule has 0 bridgehead atoms. The van der Waals surface area contributed by atoms with Crippen LogP contribution in [-0.4, -0.2) is 50.0 Å². The van der Waals surface area contributed by atoms with Gasteiger partial charge in [0, 0.05) is 25.2 Å². The Balaban J connectivity index is 1.32. The van der Waals surface area contributed by atoms with Gasteiger partial charge in [-0.3, -0.25) is 4.79 Å². The summed E-state index contributed by atoms with van der Waals surface area (Å²) >= 11 is 0. The number of piperidine rings is 1. The van der Waals surface area contributed by atoms with E-state index in [1.54, 1.807) is 14.2 Å². The van der Waals surface area contributed by atoms with Gasteiger partial charge in [-0.05, 0) is 61.2 Å². The van der Waals surface area contributed by atoms with Crippen LogP contribution in [0.2, 0.25) is 0 Å². The number of carbonyl (C=O) groups excluding carboxylic acids is 1. The topological polar surface area (TPSA) is 76.6 Å². The molecular weight excluding hydrogens is 416 g/mol. The van der Waals surface area contributed by atoms with Crippen molar-refractivity contribution in [2.24, 2.45) is 5.92 Å². The molecule has 0 radical (unpaired) electrons. The van der Waals surface area contributed by atoms with Gasteiger partial charge in [0.05, 0.1) is 25.8 Å². The number of methoxy groups -OCH3 is 2. The minimum absolute atomic E-state index is 0.0506. The van der Waals surface area contributed by atoms with Crippen LogP contribution in [0, 0.1) is 5.92 Å². The lowest BCUT2D eigenvalue weighted by molar-refractivity contribution is -0.125. The van der Waals surface area contributed by atoms with E-state index in [0.717, 1.165) is 54.4 Å². The van der Waals surface area contributed by atoms with Crippen LogP contribution >= 0.6 is 0 Å². The van der Waals surface area contributed by atoms with Gasteiger partial charge >= 0.3 is 0 Å². The fraction of sp³-hybridized carbons (Fsp3) is 0.346. The summed E-state index contributed by atoms with van der Waals surface area (Å²) in [5.74, 6) is 2.45. The van der Waals surface area contributed by atoms with Crippen LogP contribution in [0.25, 0.3) is 11.3 Å². The third-order valence-electron chi connectivity index (χ3n) is 6.02. The number of hydrogen-bond acceptors (Lipinski definition) is 6. The van der Waals surface area contributed by atoms with E-state index in [-0.39, 0.29) is 11.8 Å². The van der Waals surface area contributed by atoms with E-state index in [1.165, 1.54) is 5.56 Å². The van der Waals surface area contributed by atoms with Gasteiger partial charge in [0.25, 0.3) is 0 Å². The molecule has 1 fully saturated rings. The lowest BCUT2D eigenvalue weighted by Gasteiger charge is -2.32. The molecule has 1 aliphatic heterocycles. The van der Waals surface area contributed by atoms with E-state index < -0.39 is 0 Å². The van der Waals surface area contributed by atoms with Crippen molar-refractivity contribution in [3.8, 4) is 22.8 Å². The molecule has 7 nitrogen and oxygen atoms in total. The van der Waals surface area contributed by atoms with Crippen molar-refractivity contribution in [2.75, 3.05) is 38.8 Å². The van der Waals surface area contributed by atoms with Gasteiger partial charge in [-0.25, -0.2) is 0 Å². The van der Waals surface area contributed by atoms with E-state index in [0.29, 0.717) is 13.1 Å². The van der Waals surface area contributed by atoms with Crippen LogP contribution in [-0.2, 0) is 11.2 Å². The highest BCUT2D eigenvalue weighted by Crippen LogP contribution is 2.29. The zero-order chi connectivity index (χ0) is 23.0. The summed E-state index contributed by atoms with van der Waals surface area (Å²) in [6, 6.07) is 19.6. The number of amides is 1. The second-order valence-corrected chi connectivity index (χ2v) is 8.15. The summed E-state index contributed by atoms with van der Waals surface area (Å²) in [7, 11) is 3.31. The average Bonchev–Trinajstić information content (AvgIpc) is 2.89. The van der Waals surface area contributed by atoms with Crippen molar-refractivity contribution in [2.45, 2.75) is 19.3 Å². The van der Waals surface area contributed by atoms with E-state index in [4.69, 9.17) is 9.47 Å². The lowest BCUT2D eigenvalue weighted by Crippen LogP contribution is -2.43. The zero-order valence-corrected chi connectivity index (χ0v) is 19.2. The Kier molecular flexibility index (Phi) is 7.40. The summed E-state index contributed by atoms with van der Waals surface area (Å²) in [5, 5.41) is 12.0. The predicted octanol–water partition coefficient (Wildman–Crippen LogP) is 3.74. The first-order chi connectivity index (χ1) is 16.2. The maximum atomic E-state index is 12.8. The number of nitrogens with zero attached hydrogens (tertiary/aromatic N) is 3. The molecule has 1 unspecified atom stereocenters. The third kappa shape index (κ3) is 5.61. The fourth-order valence-electron chi connectivity index (χ4n) is 4.16. The SMILES string of the molecule is COc1ccc(CCNC(=O)C2CCCN(c3ccc(-c4ccccc4OC)nn3)C2)cc1. The summed E-state index contributed by atoms with van der Waals surface area (Å²) < 4.78 is 10.6. The van der Waals surface area contributed by atoms with E-state index in [2.05, 4.69) is 20.4 Å². The molecule has 1 aromatic heterocycles. The highest BCUT2D eigenvalue weighted by molar-refractivity contribution is 5.79. The van der Waals surface area contributed by atoms with Crippen molar-refractivity contribution in [3.63, 3.8) is 0 Å². The number of rotatable bonds is 8. The number of aromatic nitrogens is 2. The van der Waals surface area contributed by atoms with Crippen LogP contribution in [0.5, 0.6) is 11.5 Å². The van der Waals surface area contributed by atoms with Gasteiger partial charge in [-0.2, -0.15) is 0 Å². The van der Waals surface area contributed by atoms with Crippen molar-refractivity contribution in [1.29, 1.82) is 0 Å². The van der Waals surface area contributed by atoms with Gasteiger partial charge in [0.15, 0.2) is 5.82 Å². The first kappa shape index (κ1) is 22.6. The van der Waals surface area contributed by atoms with Crippen molar-refractivity contribution in [3.05, 3.63) is 66.2 Å². The van der Waals surface area contributed by atoms with Gasteiger partial charge in [0.1, 0.15) is 11.5 Å². The Hall–Kier alpha value is -3.61. The molecule has 33 heavy (non-hydrogen) atoms. The Bertz CT molecular complexity index is 1050. The number of benzene rings is 2. The van der Waals surface area contributed by atoms with Crippen LogP contribution in [0.4, 0.5) is 5.82 Å². The molecular formula is C26H30N4O3. The second-order valence-electron chi connectivity index (χ2n) is 8.15. The molecule has 0 aliphatic carbocycles. The predicted molar refractivity (Wildman–Crippen MR) is 129 cm³/mol. The number of ether oxygens (including phenoxy) is 2. The minimum Gasteiger partial charge on any atom is -0.497 e. The van der Waals surface area contributed by atoms with E-state index in [1.807, 2.05) is 60.7 Å². The molecule has 2 aromatic carbocycles. The molecule has 1 saturated heterocycles. The molecule has 3 aromatic rings. The molecule has 2 heterocycles. The maximum Gasteiger partial charge on any atom is 0.224 e. The van der Waals surface area contributed by atoms with Crippen molar-refractivity contribution in [1.82, 2.24) is 15.5 Å². The summed E-state index contributed by atoms with van der Waals surface area (Å²) in [6.45, 7) is 2.14. The van der Waals surface area contributed by atoms with Gasteiger partial charge < -0.3 is 19.7 Å². The molecule has 7 heteroatoms. The second kappa shape index (κ2) is 10.8. The summed E-state index contributed by atoms with van der Waals surface area (Å²) in [4.78, 5) is 14.9. The van der Waals surface area contributed by atoms with Gasteiger partial charge in [0.2, 0.25) is 5.91 Å². The number of anilines is 1. The van der Waals surface area contributed by atoms with Crippen LogP contribution in [0.15, 0.2) is 60.7 Å². The minimum atomic E-state index is -0.0506. The van der Waals surface area contributed by atoms with Crippen LogP contribution in [0.1, 0.15) is 18.4 Å². The molecule has 1 amide bonds. The van der Waals surface area contributed by atoms with Crippen LogP contribution < -0.4 is 19.7 Å². The zero-order valence-electron chi connectivity index (χ0n) is 19.2. The number of para-hydroxylation sites is 1. The van der Waals surface area contributed by atoms with Crippen molar-refractivity contribution < 1.29 is 14.3 Å². The van der Waals surface area contributed by atoms with Crippen molar-refractivity contribution >= 4 is 11.7 Å². The lowest BCUT2D eigenvalue weighted by atomic mass is 9.97. The molecule has 1 N–H and O–H groups in total. The molecule has 1 atom stereocenters. The maximum absolute atomic E-state index is 12.8. The van der Waals surface area contributed by atoms with Gasteiger partial charge in [-0.1, -0.05) is 24.3 Å². The van der Waals surface area contributed by atoms with Crippen LogP contribution in [0.3, 0.4) is 0 Å². The first-order valence-corrected chi connectivity index (χ1v) is 11.3. The van der Waals surface area contributed by atoms with E-state index in [9.17, 15) is 4.79 Å². The standard InChI is InChI=1S/C26H30N4O3/c1-32-21-11-9-19(10-12-21)15-16-27-26(31)20-6-5-17-30(18-20)25-14-13-23(28-29-25)22-7-3-4-8-24(22)33-2/h3-4,7-14,20H,5-6,15-18H2,1-2H3,(H,27,31). The summed E-state index contributed by atoms with van der Waals surface area (Å²) in [6.07, 6.45) is 2.63. The monoisotopic (exact) mass is 446 g/mol. The smallest absolute Gasteiger partial charge is 0.224 e. The largest absolute Gasteiger partial charge is 0.497 e. The highest BCUT2D eigenvalue weighted by Gasteiger charge is 2.26. The Morgan fingerprint density at radius 1 is 1.03 bits per heavy atom. The fourth-order valence-corrected chi connectivity index (χ4v) is 4.16. The molecule has 172 valence electrons. The Labute approximate surface area is 194 Å². The van der Waals surface area contributed by atoms with E-state index >= 15 is 0 Å². The normalized spacial score (nSPS) is 15.7. The quantitative estimate of drug-likeness (QED) is 0.568. The number of carbonyl (C=O) groups is 1. The number of hydrogen-bond donors (Lipinski definition) is 1. The summed E-state index contributed by atoms with van der Waals surface area (Å²) in [5.41, 5.74) is 2.85. The van der Waals surface area contributed by atoms with Gasteiger partial charge in [-0.15, -0.1) is 10.2 Å². The number of nitrogens with one attached hydrogen (secondary N) is 1. The molecule has 1 aliphatic rings. The molecule has 0 spiro atoms. The molecule has 4 rings (SSSR count). The molecule has 0 saturated carbocycles. The Morgan fingerprint density at radius 3 is 2.58 bits per heavy atom.